The Morgan fingerprint density at radius 2 is 1.16 bits per heavy atom. The molecule has 0 bridgehead atoms. The van der Waals surface area contributed by atoms with Crippen LogP contribution in [0.5, 0.6) is 11.5 Å². The van der Waals surface area contributed by atoms with Crippen molar-refractivity contribution in [3.05, 3.63) is 107 Å². The predicted octanol–water partition coefficient (Wildman–Crippen LogP) is 9.32. The Bertz CT molecular complexity index is 3250. The van der Waals surface area contributed by atoms with Crippen LogP contribution in [0.2, 0.25) is 0 Å². The van der Waals surface area contributed by atoms with Gasteiger partial charge in [-0.1, -0.05) is 0 Å². The van der Waals surface area contributed by atoms with Gasteiger partial charge in [0, 0.05) is 42.7 Å². The van der Waals surface area contributed by atoms with E-state index in [1.54, 1.807) is 18.2 Å². The van der Waals surface area contributed by atoms with E-state index < -0.39 is 83.5 Å². The van der Waals surface area contributed by atoms with Gasteiger partial charge < -0.3 is 26.2 Å². The maximum absolute atomic E-state index is 12.5. The van der Waals surface area contributed by atoms with Gasteiger partial charge in [0.15, 0.2) is 5.75 Å². The lowest BCUT2D eigenvalue weighted by Crippen LogP contribution is -2.21. The molecule has 0 unspecified atom stereocenters. The van der Waals surface area contributed by atoms with Gasteiger partial charge in [0.1, 0.15) is 37.5 Å². The molecule has 23 nitrogen and oxygen atoms in total. The Labute approximate surface area is 363 Å². The Morgan fingerprint density at radius 3 is 1.70 bits per heavy atom. The molecule has 6 aromatic carbocycles. The minimum Gasteiger partial charge on any atom is -0.506 e. The Hall–Kier alpha value is -7.49. The highest BCUT2D eigenvalue weighted by Gasteiger charge is 2.28. The number of hydrogen-bond donors (Lipinski definition) is 7. The van der Waals surface area contributed by atoms with Crippen LogP contribution in [0.1, 0.15) is 13.8 Å². The van der Waals surface area contributed by atoms with Gasteiger partial charge in [0.2, 0.25) is 0 Å². The molecule has 0 amide bonds. The van der Waals surface area contributed by atoms with E-state index in [9.17, 15) is 59.2 Å². The number of nitrogens with zero attached hydrogens (tertiary/aromatic N) is 8. The smallest absolute Gasteiger partial charge is 0.296 e. The lowest BCUT2D eigenvalue weighted by Gasteiger charge is -2.21. The van der Waals surface area contributed by atoms with Crippen molar-refractivity contribution in [3.63, 3.8) is 0 Å². The van der Waals surface area contributed by atoms with E-state index in [-0.39, 0.29) is 34.2 Å². The summed E-state index contributed by atoms with van der Waals surface area (Å²) in [5.74, 6) is -1.18. The SMILES string of the molecule is CCN(CC)c1ccc(N=Nc2ccc(Nc3ccc(N=Nc4c(S(=O)(=O)O)cc5cc(S(=O)(=O)O)c(N=Nc6ccc([N+](=O)[O-])cc6)c(N)c5c4O)cc3S(=O)(=O)O)cc2)c(O)c1. The van der Waals surface area contributed by atoms with Gasteiger partial charge in [0.25, 0.3) is 36.0 Å². The monoisotopic (exact) mass is 934 g/mol. The fraction of sp³-hybridized carbons (Fsp3) is 0.105. The van der Waals surface area contributed by atoms with E-state index >= 15 is 0 Å². The summed E-state index contributed by atoms with van der Waals surface area (Å²) in [5, 5.41) is 58.0. The third kappa shape index (κ3) is 10.2. The first-order valence-electron chi connectivity index (χ1n) is 18.2. The minimum atomic E-state index is -5.31. The third-order valence-electron chi connectivity index (χ3n) is 9.21. The number of nitro groups is 1. The second-order valence-corrected chi connectivity index (χ2v) is 17.5. The van der Waals surface area contributed by atoms with Gasteiger partial charge in [-0.2, -0.15) is 40.6 Å². The Kier molecular flexibility index (Phi) is 13.0. The van der Waals surface area contributed by atoms with E-state index in [2.05, 4.69) is 36.0 Å². The van der Waals surface area contributed by atoms with E-state index in [0.717, 1.165) is 49.1 Å². The van der Waals surface area contributed by atoms with Crippen LogP contribution >= 0.6 is 0 Å². The normalized spacial score (nSPS) is 12.5. The molecular weight excluding hydrogens is 901 g/mol. The number of benzene rings is 6. The fourth-order valence-corrected chi connectivity index (χ4v) is 8.11. The van der Waals surface area contributed by atoms with Crippen LogP contribution in [0.15, 0.2) is 142 Å². The highest BCUT2D eigenvalue weighted by atomic mass is 32.2. The first-order valence-corrected chi connectivity index (χ1v) is 22.5. The summed E-state index contributed by atoms with van der Waals surface area (Å²) < 4.78 is 105. The van der Waals surface area contributed by atoms with Crippen LogP contribution in [-0.4, -0.2) is 67.1 Å². The Balaban J connectivity index is 1.33. The van der Waals surface area contributed by atoms with Crippen LogP contribution in [0.4, 0.5) is 62.6 Å². The molecule has 0 atom stereocenters. The number of azo groups is 3. The summed E-state index contributed by atoms with van der Waals surface area (Å²) in [5.41, 5.74) is 4.69. The lowest BCUT2D eigenvalue weighted by molar-refractivity contribution is -0.384. The number of fused-ring (bicyclic) bond motifs is 1. The number of anilines is 4. The number of nitrogen functional groups attached to an aromatic ring is 1. The largest absolute Gasteiger partial charge is 0.506 e. The maximum Gasteiger partial charge on any atom is 0.296 e. The van der Waals surface area contributed by atoms with Crippen molar-refractivity contribution >= 4 is 104 Å². The van der Waals surface area contributed by atoms with Gasteiger partial charge in [-0.3, -0.25) is 23.8 Å². The van der Waals surface area contributed by atoms with E-state index in [0.29, 0.717) is 23.5 Å². The second-order valence-electron chi connectivity index (χ2n) is 13.3. The van der Waals surface area contributed by atoms with E-state index in [1.807, 2.05) is 18.7 Å². The quantitative estimate of drug-likeness (QED) is 0.0166. The number of nitrogens with one attached hydrogen (secondary N) is 1. The minimum absolute atomic E-state index is 0.0378. The zero-order chi connectivity index (χ0) is 46.7. The second kappa shape index (κ2) is 18.1. The molecule has 26 heteroatoms. The first kappa shape index (κ1) is 46.0. The van der Waals surface area contributed by atoms with Crippen molar-refractivity contribution in [2.75, 3.05) is 29.0 Å². The standard InChI is InChI=1S/C38H34N10O13S3/c1-3-47(4-2)27-14-16-28(30(49)20-27)44-41-23-7-5-22(6-8-23)40-29-15-11-25(19-31(29)62(53,54)55)43-46-37-33(64(59,60)61)18-21-17-32(63(56,57)58)36(35(39)34(21)38(37)50)45-42-24-9-12-26(13-10-24)48(51)52/h5-20,40,49-50H,3-4,39H2,1-2H3,(H,53,54,55)(H,56,57,58)(H,59,60,61). The zero-order valence-electron chi connectivity index (χ0n) is 33.0. The zero-order valence-corrected chi connectivity index (χ0v) is 35.5. The van der Waals surface area contributed by atoms with Crippen molar-refractivity contribution in [2.45, 2.75) is 28.5 Å². The molecule has 0 saturated heterocycles. The molecule has 0 aliphatic rings. The molecule has 64 heavy (non-hydrogen) atoms. The van der Waals surface area contributed by atoms with Crippen molar-refractivity contribution < 1.29 is 54.0 Å². The molecule has 0 spiro atoms. The summed E-state index contributed by atoms with van der Waals surface area (Å²) >= 11 is 0. The number of nitro benzene ring substituents is 1. The molecule has 332 valence electrons. The summed E-state index contributed by atoms with van der Waals surface area (Å²) in [4.78, 5) is 9.50. The molecule has 0 aliphatic carbocycles. The molecule has 0 aromatic heterocycles. The average molecular weight is 935 g/mol. The number of aromatic hydroxyl groups is 2. The van der Waals surface area contributed by atoms with Crippen molar-refractivity contribution in [2.24, 2.45) is 30.7 Å². The number of non-ortho nitro benzene ring substituents is 1. The molecular formula is C38H34N10O13S3. The summed E-state index contributed by atoms with van der Waals surface area (Å²) in [6, 6.07) is 20.1. The van der Waals surface area contributed by atoms with Gasteiger partial charge in [-0.05, 0) is 98.1 Å². The highest BCUT2D eigenvalue weighted by Crippen LogP contribution is 2.48. The number of phenolic OH excluding ortho intramolecular Hbond substituents is 2. The van der Waals surface area contributed by atoms with Crippen LogP contribution in [0.3, 0.4) is 0 Å². The van der Waals surface area contributed by atoms with Crippen molar-refractivity contribution in [1.29, 1.82) is 0 Å². The van der Waals surface area contributed by atoms with Gasteiger partial charge in [-0.15, -0.1) is 15.3 Å². The van der Waals surface area contributed by atoms with Crippen LogP contribution in [-0.2, 0) is 30.4 Å². The Morgan fingerprint density at radius 1 is 0.641 bits per heavy atom. The molecule has 0 saturated carbocycles. The molecule has 6 aromatic rings. The van der Waals surface area contributed by atoms with Gasteiger partial charge in [-0.25, -0.2) is 0 Å². The third-order valence-corrected chi connectivity index (χ3v) is 11.8. The maximum atomic E-state index is 12.5. The number of rotatable bonds is 15. The number of phenols is 2. The summed E-state index contributed by atoms with van der Waals surface area (Å²) in [6.45, 7) is 5.47. The fourth-order valence-electron chi connectivity index (χ4n) is 6.11. The summed E-state index contributed by atoms with van der Waals surface area (Å²) in [6.07, 6.45) is 0. The first-order chi connectivity index (χ1) is 30.1. The molecule has 0 heterocycles. The highest BCUT2D eigenvalue weighted by molar-refractivity contribution is 7.86. The molecule has 8 N–H and O–H groups in total. The number of hydrogen-bond acceptors (Lipinski definition) is 19. The van der Waals surface area contributed by atoms with Crippen molar-refractivity contribution in [1.82, 2.24) is 0 Å². The molecule has 6 rings (SSSR count). The van der Waals surface area contributed by atoms with E-state index in [1.165, 1.54) is 36.4 Å². The lowest BCUT2D eigenvalue weighted by atomic mass is 10.1. The van der Waals surface area contributed by atoms with E-state index in [4.69, 9.17) is 5.73 Å². The topological polar surface area (TPSA) is 362 Å². The van der Waals surface area contributed by atoms with Gasteiger partial charge >= 0.3 is 0 Å². The average Bonchev–Trinajstić information content (AvgIpc) is 3.22. The summed E-state index contributed by atoms with van der Waals surface area (Å²) in [7, 11) is -15.5. The van der Waals surface area contributed by atoms with Crippen LogP contribution in [0.25, 0.3) is 10.8 Å². The molecule has 0 fully saturated rings. The van der Waals surface area contributed by atoms with Gasteiger partial charge in [0.05, 0.1) is 38.7 Å². The number of nitrogens with two attached hydrogens (primary N) is 1. The van der Waals surface area contributed by atoms with Crippen molar-refractivity contribution in [3.8, 4) is 11.5 Å². The molecule has 0 aliphatic heterocycles. The van der Waals surface area contributed by atoms with Crippen LogP contribution < -0.4 is 16.0 Å². The predicted molar refractivity (Wildman–Crippen MR) is 233 cm³/mol. The molecule has 0 radical (unpaired) electrons. The van der Waals surface area contributed by atoms with Crippen LogP contribution in [0, 0.1) is 10.1 Å².